The molecule has 4 heterocycles. The highest BCUT2D eigenvalue weighted by molar-refractivity contribution is 5.89. The van der Waals surface area contributed by atoms with Crippen molar-refractivity contribution in [2.24, 2.45) is 0 Å². The van der Waals surface area contributed by atoms with Gasteiger partial charge in [0.1, 0.15) is 35.9 Å². The summed E-state index contributed by atoms with van der Waals surface area (Å²) >= 11 is 0. The van der Waals surface area contributed by atoms with Crippen molar-refractivity contribution in [1.82, 2.24) is 30.5 Å². The molecule has 38 heavy (non-hydrogen) atoms. The largest absolute Gasteiger partial charge is 0.414 e. The average Bonchev–Trinajstić information content (AvgIpc) is 3.63. The van der Waals surface area contributed by atoms with Gasteiger partial charge in [-0.2, -0.15) is 0 Å². The lowest BCUT2D eigenvalue weighted by atomic mass is 9.91. The molecule has 6 rings (SSSR count). The van der Waals surface area contributed by atoms with Crippen LogP contribution in [0.15, 0.2) is 65.2 Å². The normalized spacial score (nSPS) is 27.0. The van der Waals surface area contributed by atoms with Crippen LogP contribution in [0.3, 0.4) is 0 Å². The van der Waals surface area contributed by atoms with Gasteiger partial charge in [-0.25, -0.2) is 9.07 Å². The van der Waals surface area contributed by atoms with Crippen molar-refractivity contribution in [2.45, 2.75) is 36.7 Å². The number of nitrogens with one attached hydrogen (secondary N) is 1. The number of aliphatic hydroxyl groups excluding tert-OH is 1. The van der Waals surface area contributed by atoms with E-state index < -0.39 is 48.5 Å². The number of carbonyl (C=O) groups excluding carboxylic acids is 1. The van der Waals surface area contributed by atoms with Gasteiger partial charge in [-0.3, -0.25) is 4.79 Å². The first kappa shape index (κ1) is 24.3. The molecule has 13 heteroatoms. The van der Waals surface area contributed by atoms with E-state index in [1.54, 1.807) is 18.3 Å². The smallest absolute Gasteiger partial charge is 0.308 e. The van der Waals surface area contributed by atoms with Crippen molar-refractivity contribution in [3.05, 3.63) is 84.0 Å². The van der Waals surface area contributed by atoms with E-state index in [1.165, 1.54) is 23.9 Å². The van der Waals surface area contributed by atoms with Crippen LogP contribution < -0.4 is 5.32 Å². The summed E-state index contributed by atoms with van der Waals surface area (Å²) in [6.45, 7) is 0.131. The molecule has 0 aliphatic carbocycles. The molecule has 2 saturated heterocycles. The summed E-state index contributed by atoms with van der Waals surface area (Å²) in [5, 5.41) is 30.0. The van der Waals surface area contributed by atoms with Gasteiger partial charge in [-0.15, -0.1) is 15.3 Å². The average molecular weight is 522 g/mol. The van der Waals surface area contributed by atoms with Crippen LogP contribution in [0.2, 0.25) is 0 Å². The summed E-state index contributed by atoms with van der Waals surface area (Å²) in [5.74, 6) is -1.35. The minimum Gasteiger partial charge on any atom is -0.414 e. The highest BCUT2D eigenvalue weighted by atomic mass is 19.1. The van der Waals surface area contributed by atoms with E-state index in [2.05, 4.69) is 25.8 Å². The number of halogens is 1. The zero-order valence-electron chi connectivity index (χ0n) is 20.0. The van der Waals surface area contributed by atoms with Crippen molar-refractivity contribution in [2.75, 3.05) is 13.7 Å². The molecule has 2 aliphatic rings. The van der Waals surface area contributed by atoms with E-state index in [-0.39, 0.29) is 18.4 Å². The van der Waals surface area contributed by atoms with Gasteiger partial charge in [0.15, 0.2) is 12.4 Å². The predicted octanol–water partition coefficient (Wildman–Crippen LogP) is 1.98. The molecule has 2 aromatic heterocycles. The molecule has 2 aliphatic heterocycles. The maximum Gasteiger partial charge on any atom is 0.308 e. The Hall–Kier alpha value is -4.04. The highest BCUT2D eigenvalue weighted by Crippen LogP contribution is 2.43. The quantitative estimate of drug-likeness (QED) is 0.399. The molecule has 196 valence electrons. The number of fused-ring (bicyclic) bond motifs is 1. The van der Waals surface area contributed by atoms with Crippen molar-refractivity contribution < 1.29 is 32.9 Å². The van der Waals surface area contributed by atoms with Gasteiger partial charge in [0.2, 0.25) is 5.89 Å². The lowest BCUT2D eigenvalue weighted by Gasteiger charge is -2.47. The fraction of sp³-hybridized carbons (Fsp3) is 0.320. The van der Waals surface area contributed by atoms with Gasteiger partial charge in [-0.05, 0) is 12.1 Å². The van der Waals surface area contributed by atoms with E-state index in [4.69, 9.17) is 18.6 Å². The zero-order valence-corrected chi connectivity index (χ0v) is 20.0. The Kier molecular flexibility index (Phi) is 6.41. The van der Waals surface area contributed by atoms with E-state index in [0.29, 0.717) is 11.3 Å². The minimum absolute atomic E-state index is 0.0878. The lowest BCUT2D eigenvalue weighted by molar-refractivity contribution is -0.320. The number of ether oxygens (including phenoxy) is 3. The summed E-state index contributed by atoms with van der Waals surface area (Å²) in [5.41, 5.74) is 1.73. The van der Waals surface area contributed by atoms with Crippen molar-refractivity contribution in [1.29, 1.82) is 0 Å². The number of hydrogen-bond acceptors (Lipinski definition) is 10. The minimum atomic E-state index is -1.30. The third kappa shape index (κ3) is 4.45. The molecule has 4 aromatic rings. The first-order valence-electron chi connectivity index (χ1n) is 11.9. The number of benzene rings is 2. The molecule has 12 nitrogen and oxygen atoms in total. The topological polar surface area (TPSA) is 147 Å². The zero-order chi connectivity index (χ0) is 26.2. The van der Waals surface area contributed by atoms with Crippen LogP contribution in [0.1, 0.15) is 40.6 Å². The van der Waals surface area contributed by atoms with Crippen molar-refractivity contribution in [3.63, 3.8) is 0 Å². The number of aliphatic hydroxyl groups is 1. The number of carbonyl (C=O) groups is 1. The number of aromatic nitrogens is 5. The highest BCUT2D eigenvalue weighted by Gasteiger charge is 2.52. The Morgan fingerprint density at radius 3 is 2.74 bits per heavy atom. The maximum atomic E-state index is 13.8. The SMILES string of the molecule is CNC(=O)c1nnc([C@@H]2O[C@@H]3CO[C@H](c4ccccc4)O[C@@H]3[C@H](n3cc(-c4cccc(F)c4)nn3)[C@H]2O)o1. The molecule has 0 unspecified atom stereocenters. The Morgan fingerprint density at radius 1 is 1.11 bits per heavy atom. The summed E-state index contributed by atoms with van der Waals surface area (Å²) in [6, 6.07) is 14.5. The fourth-order valence-electron chi connectivity index (χ4n) is 4.65. The molecule has 2 aromatic carbocycles. The van der Waals surface area contributed by atoms with Gasteiger partial charge in [0.05, 0.1) is 12.8 Å². The number of nitrogens with zero attached hydrogens (tertiary/aromatic N) is 5. The van der Waals surface area contributed by atoms with Gasteiger partial charge in [0, 0.05) is 18.2 Å². The molecule has 0 spiro atoms. The van der Waals surface area contributed by atoms with Crippen molar-refractivity contribution in [3.8, 4) is 11.3 Å². The fourth-order valence-corrected chi connectivity index (χ4v) is 4.65. The van der Waals surface area contributed by atoms with Gasteiger partial charge in [-0.1, -0.05) is 47.7 Å². The van der Waals surface area contributed by atoms with Crippen molar-refractivity contribution >= 4 is 5.91 Å². The molecule has 0 bridgehead atoms. The monoisotopic (exact) mass is 522 g/mol. The van der Waals surface area contributed by atoms with Crippen LogP contribution in [-0.4, -0.2) is 68.2 Å². The first-order valence-corrected chi connectivity index (χ1v) is 11.9. The maximum absolute atomic E-state index is 13.8. The standard InChI is InChI=1S/C25H23FN6O6/c1-27-22(34)24-30-29-23(38-24)21-19(33)18(32-11-16(28-31-32)14-8-5-9-15(26)10-14)20-17(36-21)12-35-25(37-20)13-6-3-2-4-7-13/h2-11,17-21,25,33H,12H2,1H3,(H,27,34)/t17-,18-,19-,20+,21-,25+/m1/s1. The van der Waals surface area contributed by atoms with Crippen LogP contribution in [0.25, 0.3) is 11.3 Å². The van der Waals surface area contributed by atoms with Crippen LogP contribution in [0.4, 0.5) is 4.39 Å². The van der Waals surface area contributed by atoms with Crippen LogP contribution in [0, 0.1) is 5.82 Å². The van der Waals surface area contributed by atoms with Gasteiger partial charge < -0.3 is 29.1 Å². The van der Waals surface area contributed by atoms with E-state index in [1.807, 2.05) is 30.3 Å². The van der Waals surface area contributed by atoms with Gasteiger partial charge in [0.25, 0.3) is 0 Å². The summed E-state index contributed by atoms with van der Waals surface area (Å²) in [7, 11) is 1.43. The Balaban J connectivity index is 1.36. The van der Waals surface area contributed by atoms with Crippen LogP contribution >= 0.6 is 0 Å². The van der Waals surface area contributed by atoms with Crippen LogP contribution in [-0.2, 0) is 14.2 Å². The molecule has 0 radical (unpaired) electrons. The van der Waals surface area contributed by atoms with E-state index >= 15 is 0 Å². The molecule has 6 atom stereocenters. The molecule has 2 N–H and O–H groups in total. The molecule has 2 fully saturated rings. The second kappa shape index (κ2) is 10.0. The van der Waals surface area contributed by atoms with Gasteiger partial charge >= 0.3 is 11.8 Å². The predicted molar refractivity (Wildman–Crippen MR) is 126 cm³/mol. The Morgan fingerprint density at radius 2 is 1.95 bits per heavy atom. The molecule has 1 amide bonds. The number of rotatable bonds is 5. The number of amides is 1. The molecular weight excluding hydrogens is 499 g/mol. The summed E-state index contributed by atoms with van der Waals surface area (Å²) < 4.78 is 39.2. The first-order chi connectivity index (χ1) is 18.5. The second-order valence-electron chi connectivity index (χ2n) is 8.87. The van der Waals surface area contributed by atoms with E-state index in [9.17, 15) is 14.3 Å². The summed E-state index contributed by atoms with van der Waals surface area (Å²) in [6.07, 6.45) is -2.90. The Labute approximate surface area is 215 Å². The summed E-state index contributed by atoms with van der Waals surface area (Å²) in [4.78, 5) is 11.9. The Bertz CT molecular complexity index is 1430. The number of hydrogen-bond donors (Lipinski definition) is 2. The van der Waals surface area contributed by atoms with Crippen LogP contribution in [0.5, 0.6) is 0 Å². The third-order valence-electron chi connectivity index (χ3n) is 6.49. The third-order valence-corrected chi connectivity index (χ3v) is 6.49. The molecule has 0 saturated carbocycles. The molecular formula is C25H23FN6O6. The van der Waals surface area contributed by atoms with E-state index in [0.717, 1.165) is 5.56 Å². The lowest BCUT2D eigenvalue weighted by Crippen LogP contribution is -2.56. The second-order valence-corrected chi connectivity index (χ2v) is 8.87.